The van der Waals surface area contributed by atoms with Crippen molar-refractivity contribution in [2.45, 2.75) is 75.2 Å². The Morgan fingerprint density at radius 3 is 2.72 bits per heavy atom. The zero-order chi connectivity index (χ0) is 18.0. The van der Waals surface area contributed by atoms with E-state index in [4.69, 9.17) is 0 Å². The van der Waals surface area contributed by atoms with Gasteiger partial charge in [-0.2, -0.15) is 0 Å². The Morgan fingerprint density at radius 1 is 1.24 bits per heavy atom. The molecule has 3 saturated carbocycles. The number of halogens is 2. The average Bonchev–Trinajstić information content (AvgIpc) is 2.91. The van der Waals surface area contributed by atoms with Crippen LogP contribution in [-0.4, -0.2) is 14.5 Å². The second-order valence-electron chi connectivity index (χ2n) is 9.30. The number of rotatable bonds is 2. The van der Waals surface area contributed by atoms with Gasteiger partial charge in [0.25, 0.3) is 0 Å². The summed E-state index contributed by atoms with van der Waals surface area (Å²) in [6.45, 7) is 4.30. The SMILES string of the molecule is CCC(=O)[C@H]1CC[C@H]2[C@@H]3CC(F)=C4C[C@@](O)(I)CC[C@@H]4[C@H]3CC[C@]12C. The van der Waals surface area contributed by atoms with Crippen LogP contribution in [0.25, 0.3) is 0 Å². The predicted octanol–water partition coefficient (Wildman–Crippen LogP) is 5.58. The molecule has 0 aliphatic heterocycles. The first-order valence-electron chi connectivity index (χ1n) is 10.1. The molecule has 0 radical (unpaired) electrons. The van der Waals surface area contributed by atoms with Crippen LogP contribution >= 0.6 is 22.6 Å². The van der Waals surface area contributed by atoms with Gasteiger partial charge in [-0.1, -0.05) is 13.8 Å². The van der Waals surface area contributed by atoms with E-state index in [1.165, 1.54) is 0 Å². The Bertz CT molecular complexity index is 613. The summed E-state index contributed by atoms with van der Waals surface area (Å²) in [5.41, 5.74) is 1.01. The molecule has 4 aliphatic rings. The topological polar surface area (TPSA) is 37.3 Å². The molecule has 4 heteroatoms. The highest BCUT2D eigenvalue weighted by molar-refractivity contribution is 14.1. The number of hydrogen-bond donors (Lipinski definition) is 1. The molecule has 1 N–H and O–H groups in total. The number of allylic oxidation sites excluding steroid dienone is 1. The van der Waals surface area contributed by atoms with Gasteiger partial charge in [-0.15, -0.1) is 0 Å². The molecule has 4 aliphatic carbocycles. The van der Waals surface area contributed by atoms with Gasteiger partial charge >= 0.3 is 0 Å². The summed E-state index contributed by atoms with van der Waals surface area (Å²) in [6.07, 6.45) is 7.74. The summed E-state index contributed by atoms with van der Waals surface area (Å²) < 4.78 is 14.3. The normalized spacial score (nSPS) is 49.4. The third-order valence-corrected chi connectivity index (χ3v) is 9.18. The molecule has 25 heavy (non-hydrogen) atoms. The molecule has 2 nitrogen and oxygen atoms in total. The van der Waals surface area contributed by atoms with Gasteiger partial charge in [-0.3, -0.25) is 4.79 Å². The number of ketones is 1. The van der Waals surface area contributed by atoms with Crippen molar-refractivity contribution in [1.82, 2.24) is 0 Å². The van der Waals surface area contributed by atoms with Crippen LogP contribution in [-0.2, 0) is 4.79 Å². The van der Waals surface area contributed by atoms with Crippen LogP contribution in [0, 0.1) is 35.0 Å². The highest BCUT2D eigenvalue weighted by atomic mass is 127. The first-order valence-corrected chi connectivity index (χ1v) is 11.2. The summed E-state index contributed by atoms with van der Waals surface area (Å²) in [5, 5.41) is 10.4. The van der Waals surface area contributed by atoms with Crippen molar-refractivity contribution in [3.05, 3.63) is 11.4 Å². The summed E-state index contributed by atoms with van der Waals surface area (Å²) in [7, 11) is 0. The lowest BCUT2D eigenvalue weighted by molar-refractivity contribution is -0.128. The molecule has 0 aromatic carbocycles. The van der Waals surface area contributed by atoms with E-state index >= 15 is 4.39 Å². The second kappa shape index (κ2) is 6.29. The van der Waals surface area contributed by atoms with E-state index in [9.17, 15) is 9.90 Å². The summed E-state index contributed by atoms with van der Waals surface area (Å²) in [4.78, 5) is 12.5. The highest BCUT2D eigenvalue weighted by Gasteiger charge is 2.58. The molecule has 7 atom stereocenters. The maximum absolute atomic E-state index is 15.0. The first-order chi connectivity index (χ1) is 11.8. The van der Waals surface area contributed by atoms with Gasteiger partial charge in [0.15, 0.2) is 0 Å². The maximum Gasteiger partial charge on any atom is 0.136 e. The predicted molar refractivity (Wildman–Crippen MR) is 105 cm³/mol. The van der Waals surface area contributed by atoms with Gasteiger partial charge in [-0.05, 0) is 95.8 Å². The van der Waals surface area contributed by atoms with Crippen molar-refractivity contribution in [3.8, 4) is 0 Å². The quantitative estimate of drug-likeness (QED) is 0.432. The van der Waals surface area contributed by atoms with Gasteiger partial charge in [0.05, 0.1) is 5.83 Å². The Balaban J connectivity index is 1.63. The van der Waals surface area contributed by atoms with E-state index in [1.54, 1.807) is 0 Å². The van der Waals surface area contributed by atoms with Crippen LogP contribution in [0.2, 0.25) is 0 Å². The van der Waals surface area contributed by atoms with E-state index in [2.05, 4.69) is 29.5 Å². The fraction of sp³-hybridized carbons (Fsp3) is 0.857. The molecule has 3 fully saturated rings. The van der Waals surface area contributed by atoms with Crippen molar-refractivity contribution in [1.29, 1.82) is 0 Å². The first kappa shape index (κ1) is 18.4. The molecular weight excluding hydrogens is 430 g/mol. The van der Waals surface area contributed by atoms with Crippen LogP contribution in [0.3, 0.4) is 0 Å². The number of fused-ring (bicyclic) bond motifs is 5. The number of aliphatic hydroxyl groups is 1. The van der Waals surface area contributed by atoms with Gasteiger partial charge in [-0.25, -0.2) is 4.39 Å². The second-order valence-corrected chi connectivity index (χ2v) is 11.3. The van der Waals surface area contributed by atoms with E-state index < -0.39 is 3.61 Å². The van der Waals surface area contributed by atoms with Crippen LogP contribution in [0.5, 0.6) is 0 Å². The fourth-order valence-electron chi connectivity index (χ4n) is 7.06. The Labute approximate surface area is 164 Å². The van der Waals surface area contributed by atoms with E-state index in [0.29, 0.717) is 48.7 Å². The van der Waals surface area contributed by atoms with E-state index in [0.717, 1.165) is 44.1 Å². The minimum Gasteiger partial charge on any atom is -0.379 e. The monoisotopic (exact) mass is 460 g/mol. The molecule has 0 unspecified atom stereocenters. The third kappa shape index (κ3) is 2.84. The van der Waals surface area contributed by atoms with Crippen LogP contribution < -0.4 is 0 Å². The molecule has 0 bridgehead atoms. The van der Waals surface area contributed by atoms with E-state index in [1.807, 2.05) is 6.92 Å². The Morgan fingerprint density at radius 2 is 2.00 bits per heavy atom. The van der Waals surface area contributed by atoms with Crippen LogP contribution in [0.4, 0.5) is 4.39 Å². The van der Waals surface area contributed by atoms with Gasteiger partial charge in [0, 0.05) is 25.2 Å². The zero-order valence-corrected chi connectivity index (χ0v) is 17.5. The largest absolute Gasteiger partial charge is 0.379 e. The Hall–Kier alpha value is 0.0300. The molecule has 0 aromatic rings. The van der Waals surface area contributed by atoms with E-state index in [-0.39, 0.29) is 17.2 Å². The molecule has 0 spiro atoms. The standard InChI is InChI=1S/C21H30FIO2/c1-3-19(24)17-5-4-16-14-10-18(22)15-11-21(23,25)9-7-13(15)12(14)6-8-20(16,17)2/h12-14,16-17,25H,3-11H2,1-2H3/t12-,13-,14-,16+,17-,20+,21-/m1/s1. The number of alkyl halides is 1. The van der Waals surface area contributed by atoms with Crippen molar-refractivity contribution >= 4 is 28.4 Å². The van der Waals surface area contributed by atoms with Crippen molar-refractivity contribution in [3.63, 3.8) is 0 Å². The number of carbonyl (C=O) groups excluding carboxylic acids is 1. The number of Topliss-reactive ketones (excluding diaryl/α,β-unsaturated/α-hetero) is 1. The van der Waals surface area contributed by atoms with Crippen molar-refractivity contribution < 1.29 is 14.3 Å². The lowest BCUT2D eigenvalue weighted by Crippen LogP contribution is -2.48. The minimum atomic E-state index is -0.761. The average molecular weight is 460 g/mol. The summed E-state index contributed by atoms with van der Waals surface area (Å²) in [6, 6.07) is 0. The van der Waals surface area contributed by atoms with Gasteiger partial charge in [0.2, 0.25) is 0 Å². The number of carbonyl (C=O) groups is 1. The third-order valence-electron chi connectivity index (χ3n) is 8.26. The molecular formula is C21H30FIO2. The molecule has 0 aromatic heterocycles. The molecule has 140 valence electrons. The molecule has 4 rings (SSSR count). The van der Waals surface area contributed by atoms with Gasteiger partial charge in [0.1, 0.15) is 9.39 Å². The van der Waals surface area contributed by atoms with Crippen LogP contribution in [0.1, 0.15) is 71.6 Å². The zero-order valence-electron chi connectivity index (χ0n) is 15.4. The Kier molecular flexibility index (Phi) is 4.63. The summed E-state index contributed by atoms with van der Waals surface area (Å²) >= 11 is 2.10. The minimum absolute atomic E-state index is 0.0653. The molecule has 0 heterocycles. The fourth-order valence-corrected chi connectivity index (χ4v) is 7.78. The number of hydrogen-bond acceptors (Lipinski definition) is 2. The maximum atomic E-state index is 15.0. The molecule has 0 saturated heterocycles. The smallest absolute Gasteiger partial charge is 0.136 e. The highest BCUT2D eigenvalue weighted by Crippen LogP contribution is 2.65. The van der Waals surface area contributed by atoms with Crippen molar-refractivity contribution in [2.24, 2.45) is 35.0 Å². The van der Waals surface area contributed by atoms with Crippen molar-refractivity contribution in [2.75, 3.05) is 0 Å². The van der Waals surface area contributed by atoms with Crippen LogP contribution in [0.15, 0.2) is 11.4 Å². The molecule has 0 amide bonds. The van der Waals surface area contributed by atoms with Gasteiger partial charge < -0.3 is 5.11 Å². The lowest BCUT2D eigenvalue weighted by Gasteiger charge is -2.54. The lowest BCUT2D eigenvalue weighted by atomic mass is 9.51. The summed E-state index contributed by atoms with van der Waals surface area (Å²) in [5.74, 6) is 2.48.